The highest BCUT2D eigenvalue weighted by molar-refractivity contribution is 7.15. The van der Waals surface area contributed by atoms with Gasteiger partial charge in [0.2, 0.25) is 16.9 Å². The predicted molar refractivity (Wildman–Crippen MR) is 125 cm³/mol. The van der Waals surface area contributed by atoms with Crippen molar-refractivity contribution in [1.82, 2.24) is 15.5 Å². The van der Waals surface area contributed by atoms with Crippen LogP contribution in [0.3, 0.4) is 0 Å². The van der Waals surface area contributed by atoms with Crippen LogP contribution in [0.4, 0.5) is 5.13 Å². The SMILES string of the molecule is CC(C)C(NC(=O)C12CC3CC(CC(C3)C1)C2)C(=O)Nc1nnc(Cc2ccccc2)s1. The van der Waals surface area contributed by atoms with E-state index in [1.165, 1.54) is 30.6 Å². The summed E-state index contributed by atoms with van der Waals surface area (Å²) in [5.41, 5.74) is 0.901. The maximum atomic E-state index is 13.5. The number of carbonyl (C=O) groups is 2. The molecule has 4 aliphatic carbocycles. The van der Waals surface area contributed by atoms with Crippen molar-refractivity contribution < 1.29 is 9.59 Å². The quantitative estimate of drug-likeness (QED) is 0.651. The van der Waals surface area contributed by atoms with Crippen molar-refractivity contribution in [2.75, 3.05) is 5.32 Å². The molecule has 32 heavy (non-hydrogen) atoms. The average molecular weight is 453 g/mol. The highest BCUT2D eigenvalue weighted by Crippen LogP contribution is 2.60. The standard InChI is InChI=1S/C25H32N4O2S/c1-15(2)21(26-23(31)25-12-17-8-18(13-25)10-19(9-17)14-25)22(30)27-24-29-28-20(32-24)11-16-6-4-3-5-7-16/h3-7,15,17-19,21H,8-14H2,1-2H3,(H,26,31)(H,27,29,30). The fraction of sp³-hybridized carbons (Fsp3) is 0.600. The summed E-state index contributed by atoms with van der Waals surface area (Å²) in [6.45, 7) is 3.95. The molecule has 4 fully saturated rings. The van der Waals surface area contributed by atoms with Gasteiger partial charge >= 0.3 is 0 Å². The first kappa shape index (κ1) is 21.6. The number of carbonyl (C=O) groups excluding carboxylic acids is 2. The van der Waals surface area contributed by atoms with E-state index in [1.807, 2.05) is 32.0 Å². The summed E-state index contributed by atoms with van der Waals surface area (Å²) in [6, 6.07) is 9.51. The van der Waals surface area contributed by atoms with Gasteiger partial charge in [-0.3, -0.25) is 14.9 Å². The molecule has 4 aliphatic rings. The second-order valence-corrected chi connectivity index (χ2v) is 11.6. The molecule has 2 amide bonds. The zero-order valence-electron chi connectivity index (χ0n) is 18.8. The summed E-state index contributed by atoms with van der Waals surface area (Å²) in [7, 11) is 0. The van der Waals surface area contributed by atoms with Crippen molar-refractivity contribution in [2.24, 2.45) is 29.1 Å². The minimum absolute atomic E-state index is 0.00965. The van der Waals surface area contributed by atoms with Crippen LogP contribution in [0.15, 0.2) is 30.3 Å². The van der Waals surface area contributed by atoms with Gasteiger partial charge < -0.3 is 5.32 Å². The summed E-state index contributed by atoms with van der Waals surface area (Å²) >= 11 is 1.38. The molecule has 0 aliphatic heterocycles. The summed E-state index contributed by atoms with van der Waals surface area (Å²) in [5, 5.41) is 15.8. The van der Waals surface area contributed by atoms with E-state index in [0.29, 0.717) is 29.3 Å². The molecule has 1 aromatic heterocycles. The molecule has 6 rings (SSSR count). The monoisotopic (exact) mass is 452 g/mol. The average Bonchev–Trinajstić information content (AvgIpc) is 3.17. The van der Waals surface area contributed by atoms with Crippen LogP contribution in [0.25, 0.3) is 0 Å². The Hall–Kier alpha value is -2.28. The van der Waals surface area contributed by atoms with E-state index in [-0.39, 0.29) is 23.1 Å². The molecule has 4 saturated carbocycles. The Bertz CT molecular complexity index is 952. The molecular formula is C25H32N4O2S. The lowest BCUT2D eigenvalue weighted by molar-refractivity contribution is -0.148. The van der Waals surface area contributed by atoms with E-state index < -0.39 is 6.04 Å². The zero-order valence-corrected chi connectivity index (χ0v) is 19.7. The molecule has 6 nitrogen and oxygen atoms in total. The molecule has 1 atom stereocenters. The third kappa shape index (κ3) is 4.32. The molecule has 0 saturated heterocycles. The lowest BCUT2D eigenvalue weighted by Gasteiger charge is -2.55. The second kappa shape index (κ2) is 8.58. The van der Waals surface area contributed by atoms with Crippen molar-refractivity contribution in [3.05, 3.63) is 40.9 Å². The molecule has 2 N–H and O–H groups in total. The molecule has 4 bridgehead atoms. The Balaban J connectivity index is 1.23. The number of amides is 2. The molecular weight excluding hydrogens is 420 g/mol. The van der Waals surface area contributed by atoms with Gasteiger partial charge in [0.15, 0.2) is 0 Å². The number of nitrogens with zero attached hydrogens (tertiary/aromatic N) is 2. The van der Waals surface area contributed by atoms with Gasteiger partial charge in [-0.1, -0.05) is 55.5 Å². The third-order valence-corrected chi connectivity index (χ3v) is 8.49. The fourth-order valence-corrected chi connectivity index (χ4v) is 7.32. The van der Waals surface area contributed by atoms with Crippen LogP contribution in [-0.4, -0.2) is 28.1 Å². The molecule has 0 spiro atoms. The highest BCUT2D eigenvalue weighted by atomic mass is 32.1. The fourth-order valence-electron chi connectivity index (χ4n) is 6.55. The number of nitrogens with one attached hydrogen (secondary N) is 2. The molecule has 1 heterocycles. The topological polar surface area (TPSA) is 84.0 Å². The minimum atomic E-state index is -0.572. The van der Waals surface area contributed by atoms with Crippen molar-refractivity contribution in [3.63, 3.8) is 0 Å². The summed E-state index contributed by atoms with van der Waals surface area (Å²) in [4.78, 5) is 26.6. The Labute approximate surface area is 193 Å². The van der Waals surface area contributed by atoms with Gasteiger partial charge in [0.1, 0.15) is 11.0 Å². The van der Waals surface area contributed by atoms with Gasteiger partial charge in [0, 0.05) is 11.8 Å². The number of hydrogen-bond donors (Lipinski definition) is 2. The number of anilines is 1. The molecule has 7 heteroatoms. The first-order chi connectivity index (χ1) is 15.4. The Morgan fingerprint density at radius 3 is 2.25 bits per heavy atom. The zero-order chi connectivity index (χ0) is 22.3. The van der Waals surface area contributed by atoms with Crippen LogP contribution in [0.5, 0.6) is 0 Å². The maximum Gasteiger partial charge on any atom is 0.249 e. The lowest BCUT2D eigenvalue weighted by atomic mass is 9.49. The number of benzene rings is 1. The Kier molecular flexibility index (Phi) is 5.78. The highest BCUT2D eigenvalue weighted by Gasteiger charge is 2.55. The summed E-state index contributed by atoms with van der Waals surface area (Å²) in [5.74, 6) is 1.96. The third-order valence-electron chi connectivity index (χ3n) is 7.65. The number of hydrogen-bond acceptors (Lipinski definition) is 5. The van der Waals surface area contributed by atoms with Crippen LogP contribution < -0.4 is 10.6 Å². The van der Waals surface area contributed by atoms with Crippen LogP contribution in [0.2, 0.25) is 0 Å². The van der Waals surface area contributed by atoms with Crippen LogP contribution in [0.1, 0.15) is 62.9 Å². The van der Waals surface area contributed by atoms with Crippen LogP contribution in [0, 0.1) is 29.1 Å². The van der Waals surface area contributed by atoms with Gasteiger partial charge in [-0.15, -0.1) is 10.2 Å². The van der Waals surface area contributed by atoms with Gasteiger partial charge in [0.25, 0.3) is 0 Å². The predicted octanol–water partition coefficient (Wildman–Crippen LogP) is 4.42. The van der Waals surface area contributed by atoms with Gasteiger partial charge in [0.05, 0.1) is 0 Å². The van der Waals surface area contributed by atoms with E-state index in [2.05, 4.69) is 33.0 Å². The van der Waals surface area contributed by atoms with Crippen molar-refractivity contribution in [1.29, 1.82) is 0 Å². The van der Waals surface area contributed by atoms with Crippen LogP contribution >= 0.6 is 11.3 Å². The molecule has 1 unspecified atom stereocenters. The lowest BCUT2D eigenvalue weighted by Crippen LogP contribution is -2.57. The largest absolute Gasteiger partial charge is 0.344 e. The van der Waals surface area contributed by atoms with Crippen molar-refractivity contribution in [3.8, 4) is 0 Å². The first-order valence-corrected chi connectivity index (χ1v) is 12.7. The van der Waals surface area contributed by atoms with E-state index in [0.717, 1.165) is 29.8 Å². The summed E-state index contributed by atoms with van der Waals surface area (Å²) in [6.07, 6.45) is 7.56. The Morgan fingerprint density at radius 1 is 1.03 bits per heavy atom. The number of rotatable bonds is 7. The Morgan fingerprint density at radius 2 is 1.66 bits per heavy atom. The summed E-state index contributed by atoms with van der Waals surface area (Å²) < 4.78 is 0. The van der Waals surface area contributed by atoms with Crippen molar-refractivity contribution >= 4 is 28.3 Å². The molecule has 0 radical (unpaired) electrons. The first-order valence-electron chi connectivity index (χ1n) is 11.9. The van der Waals surface area contributed by atoms with Gasteiger partial charge in [-0.2, -0.15) is 0 Å². The van der Waals surface area contributed by atoms with E-state index >= 15 is 0 Å². The smallest absolute Gasteiger partial charge is 0.249 e. The van der Waals surface area contributed by atoms with Gasteiger partial charge in [-0.05, 0) is 67.8 Å². The van der Waals surface area contributed by atoms with Gasteiger partial charge in [-0.25, -0.2) is 0 Å². The maximum absolute atomic E-state index is 13.5. The van der Waals surface area contributed by atoms with Crippen molar-refractivity contribution in [2.45, 2.75) is 64.8 Å². The second-order valence-electron chi connectivity index (χ2n) is 10.5. The van der Waals surface area contributed by atoms with E-state index in [4.69, 9.17) is 0 Å². The van der Waals surface area contributed by atoms with E-state index in [1.54, 1.807) is 0 Å². The van der Waals surface area contributed by atoms with E-state index in [9.17, 15) is 9.59 Å². The number of aromatic nitrogens is 2. The molecule has 1 aromatic carbocycles. The molecule has 170 valence electrons. The van der Waals surface area contributed by atoms with Crippen LogP contribution in [-0.2, 0) is 16.0 Å². The molecule has 2 aromatic rings. The minimum Gasteiger partial charge on any atom is -0.344 e. The normalized spacial score (nSPS) is 29.2.